The van der Waals surface area contributed by atoms with E-state index in [1.807, 2.05) is 30.3 Å². The van der Waals surface area contributed by atoms with Gasteiger partial charge >= 0.3 is 0 Å². The first-order valence-corrected chi connectivity index (χ1v) is 20.7. The van der Waals surface area contributed by atoms with Crippen molar-refractivity contribution >= 4 is 31.0 Å². The quantitative estimate of drug-likeness (QED) is 0.223. The lowest BCUT2D eigenvalue weighted by molar-refractivity contribution is 0.345. The molecule has 8 rings (SSSR count). The van der Waals surface area contributed by atoms with E-state index in [1.54, 1.807) is 36.4 Å². The second kappa shape index (κ2) is 14.0. The molecule has 4 aliphatic heterocycles. The Hall–Kier alpha value is -3.77. The van der Waals surface area contributed by atoms with Crippen LogP contribution in [0.2, 0.25) is 0 Å². The number of fused-ring (bicyclic) bond motifs is 6. The van der Waals surface area contributed by atoms with Crippen molar-refractivity contribution in [2.24, 2.45) is 0 Å². The monoisotopic (exact) mass is 730 g/mol. The average Bonchev–Trinajstić information content (AvgIpc) is 3.32. The maximum atomic E-state index is 13.2. The Morgan fingerprint density at radius 3 is 1.35 bits per heavy atom. The van der Waals surface area contributed by atoms with Crippen LogP contribution >= 0.6 is 0 Å². The minimum atomic E-state index is -3.65. The zero-order valence-electron chi connectivity index (χ0n) is 29.7. The lowest BCUT2D eigenvalue weighted by Gasteiger charge is -2.25. The summed E-state index contributed by atoms with van der Waals surface area (Å²) in [6.45, 7) is 4.22. The maximum absolute atomic E-state index is 13.2. The number of likely N-dealkylation sites (tertiary alicyclic amines) is 2. The third kappa shape index (κ3) is 6.69. The molecule has 4 aromatic carbocycles. The van der Waals surface area contributed by atoms with Crippen LogP contribution in [0.15, 0.2) is 111 Å². The Bertz CT molecular complexity index is 2110. The highest BCUT2D eigenvalue weighted by Crippen LogP contribution is 2.47. The molecule has 0 radical (unpaired) electrons. The standard InChI is InChI=1S/C20H23FN2O2S.C20H24N2O2S/c1-22-11-9-17-18-13-16(7-8-19(18)23(2)20(17)10-12-22)26(24,25)15-5-3-14(21)4-6-15;1-21-12-10-17-18-14-16(25(23,24)15-6-4-3-5-7-15)8-9-19(18)22(2)20(17)11-13-21/h3-8,13,17,20H,9-12H2,1-2H3;3-9,14,17,20H,10-13H2,1-2H3/t2*17-,20-/m11/s1. The van der Waals surface area contributed by atoms with Gasteiger partial charge in [0.1, 0.15) is 5.82 Å². The Balaban J connectivity index is 0.000000159. The largest absolute Gasteiger partial charge is 0.371 e. The van der Waals surface area contributed by atoms with Crippen LogP contribution in [0.1, 0.15) is 48.6 Å². The van der Waals surface area contributed by atoms with Crippen LogP contribution in [-0.2, 0) is 19.7 Å². The van der Waals surface area contributed by atoms with Gasteiger partial charge < -0.3 is 19.6 Å². The molecule has 4 atom stereocenters. The van der Waals surface area contributed by atoms with Crippen LogP contribution in [0.25, 0.3) is 0 Å². The number of hydrogen-bond donors (Lipinski definition) is 0. The van der Waals surface area contributed by atoms with E-state index >= 15 is 0 Å². The summed E-state index contributed by atoms with van der Waals surface area (Å²) >= 11 is 0. The predicted octanol–water partition coefficient (Wildman–Crippen LogP) is 6.43. The normalized spacial score (nSPS) is 23.6. The zero-order chi connectivity index (χ0) is 36.1. The molecule has 0 N–H and O–H groups in total. The molecular weight excluding hydrogens is 684 g/mol. The van der Waals surface area contributed by atoms with Gasteiger partial charge in [-0.05, 0) is 150 Å². The molecule has 270 valence electrons. The van der Waals surface area contributed by atoms with Crippen LogP contribution in [-0.4, -0.2) is 93.1 Å². The lowest BCUT2D eigenvalue weighted by atomic mass is 9.91. The minimum Gasteiger partial charge on any atom is -0.371 e. The summed E-state index contributed by atoms with van der Waals surface area (Å²) in [5.74, 6) is 0.323. The second-order valence-electron chi connectivity index (χ2n) is 14.5. The van der Waals surface area contributed by atoms with Crippen LogP contribution in [0.5, 0.6) is 0 Å². The third-order valence-corrected chi connectivity index (χ3v) is 15.1. The van der Waals surface area contributed by atoms with Gasteiger partial charge in [-0.15, -0.1) is 0 Å². The number of halogens is 1. The minimum absolute atomic E-state index is 0.127. The highest BCUT2D eigenvalue weighted by atomic mass is 32.2. The number of anilines is 2. The van der Waals surface area contributed by atoms with E-state index < -0.39 is 25.5 Å². The van der Waals surface area contributed by atoms with E-state index in [1.165, 1.54) is 35.5 Å². The molecule has 11 heteroatoms. The summed E-state index contributed by atoms with van der Waals surface area (Å²) in [6.07, 6.45) is 4.30. The van der Waals surface area contributed by atoms with Gasteiger partial charge in [0, 0.05) is 49.4 Å². The lowest BCUT2D eigenvalue weighted by Crippen LogP contribution is -2.31. The first-order chi connectivity index (χ1) is 24.4. The Morgan fingerprint density at radius 2 is 0.902 bits per heavy atom. The molecule has 0 amide bonds. The fourth-order valence-electron chi connectivity index (χ4n) is 8.57. The predicted molar refractivity (Wildman–Crippen MR) is 200 cm³/mol. The fourth-order valence-corrected chi connectivity index (χ4v) is 11.2. The fraction of sp³-hybridized carbons (Fsp3) is 0.400. The van der Waals surface area contributed by atoms with Crippen LogP contribution in [0, 0.1) is 5.82 Å². The van der Waals surface area contributed by atoms with Crippen molar-refractivity contribution < 1.29 is 21.2 Å². The van der Waals surface area contributed by atoms with Gasteiger partial charge in [0.05, 0.1) is 19.6 Å². The number of likely N-dealkylation sites (N-methyl/N-ethyl adjacent to an activating group) is 2. The first-order valence-electron chi connectivity index (χ1n) is 17.8. The summed E-state index contributed by atoms with van der Waals surface area (Å²) < 4.78 is 65.0. The summed E-state index contributed by atoms with van der Waals surface area (Å²) in [5.41, 5.74) is 4.63. The summed E-state index contributed by atoms with van der Waals surface area (Å²) in [7, 11) is 1.43. The first kappa shape index (κ1) is 35.6. The highest BCUT2D eigenvalue weighted by Gasteiger charge is 2.40. The topological polar surface area (TPSA) is 81.2 Å². The molecule has 0 bridgehead atoms. The van der Waals surface area contributed by atoms with Crippen molar-refractivity contribution in [2.75, 3.05) is 64.2 Å². The smallest absolute Gasteiger partial charge is 0.206 e. The van der Waals surface area contributed by atoms with Crippen molar-refractivity contribution in [1.29, 1.82) is 0 Å². The van der Waals surface area contributed by atoms with Gasteiger partial charge in [-0.2, -0.15) is 0 Å². The molecule has 0 unspecified atom stereocenters. The summed E-state index contributed by atoms with van der Waals surface area (Å²) in [5, 5.41) is 0. The maximum Gasteiger partial charge on any atom is 0.206 e. The van der Waals surface area contributed by atoms with E-state index in [-0.39, 0.29) is 9.79 Å². The average molecular weight is 731 g/mol. The van der Waals surface area contributed by atoms with E-state index in [2.05, 4.69) is 47.8 Å². The Labute approximate surface area is 302 Å². The molecule has 8 nitrogen and oxygen atoms in total. The van der Waals surface area contributed by atoms with Gasteiger partial charge in [0.25, 0.3) is 0 Å². The molecule has 0 spiro atoms. The van der Waals surface area contributed by atoms with Crippen molar-refractivity contribution in [2.45, 2.75) is 69.2 Å². The highest BCUT2D eigenvalue weighted by molar-refractivity contribution is 7.91. The Kier molecular flexibility index (Phi) is 9.77. The van der Waals surface area contributed by atoms with Gasteiger partial charge in [-0.25, -0.2) is 21.2 Å². The number of hydrogen-bond acceptors (Lipinski definition) is 8. The number of sulfone groups is 2. The second-order valence-corrected chi connectivity index (χ2v) is 18.4. The molecule has 0 saturated carbocycles. The summed E-state index contributed by atoms with van der Waals surface area (Å²) in [6, 6.07) is 25.7. The van der Waals surface area contributed by atoms with Crippen molar-refractivity contribution in [1.82, 2.24) is 9.80 Å². The van der Waals surface area contributed by atoms with Gasteiger partial charge in [0.15, 0.2) is 0 Å². The Morgan fingerprint density at radius 1 is 0.510 bits per heavy atom. The SMILES string of the molecule is CN1CC[C@@H]2c3cc(S(=O)(=O)c4ccc(F)cc4)ccc3N(C)[C@@H]2CC1.CN1CC[C@@H]2c3cc(S(=O)(=O)c4ccccc4)ccc3N(C)[C@@H]2CC1. The molecular formula is C40H47FN4O4S2. The van der Waals surface area contributed by atoms with E-state index in [9.17, 15) is 21.2 Å². The molecule has 0 aromatic heterocycles. The molecule has 2 saturated heterocycles. The van der Waals surface area contributed by atoms with Crippen LogP contribution in [0.4, 0.5) is 15.8 Å². The van der Waals surface area contributed by atoms with E-state index in [0.29, 0.717) is 33.7 Å². The molecule has 4 aromatic rings. The van der Waals surface area contributed by atoms with Crippen molar-refractivity contribution in [3.05, 3.63) is 108 Å². The molecule has 0 aliphatic carbocycles. The van der Waals surface area contributed by atoms with Gasteiger partial charge in [-0.1, -0.05) is 18.2 Å². The van der Waals surface area contributed by atoms with Gasteiger partial charge in [0.2, 0.25) is 19.7 Å². The number of rotatable bonds is 4. The van der Waals surface area contributed by atoms with Gasteiger partial charge in [-0.3, -0.25) is 0 Å². The molecule has 4 heterocycles. The van der Waals surface area contributed by atoms with E-state index in [4.69, 9.17) is 0 Å². The number of benzene rings is 4. The number of nitrogens with zero attached hydrogens (tertiary/aromatic N) is 4. The van der Waals surface area contributed by atoms with Crippen molar-refractivity contribution in [3.8, 4) is 0 Å². The zero-order valence-corrected chi connectivity index (χ0v) is 31.4. The third-order valence-electron chi connectivity index (χ3n) is 11.5. The molecule has 51 heavy (non-hydrogen) atoms. The summed E-state index contributed by atoms with van der Waals surface area (Å²) in [4.78, 5) is 10.5. The van der Waals surface area contributed by atoms with E-state index in [0.717, 1.165) is 63.1 Å². The van der Waals surface area contributed by atoms with Crippen LogP contribution in [0.3, 0.4) is 0 Å². The van der Waals surface area contributed by atoms with Crippen LogP contribution < -0.4 is 9.80 Å². The van der Waals surface area contributed by atoms with Crippen molar-refractivity contribution in [3.63, 3.8) is 0 Å². The molecule has 4 aliphatic rings. The molecule has 2 fully saturated rings.